The molecule has 3 N–H and O–H groups in total. The van der Waals surface area contributed by atoms with E-state index in [2.05, 4.69) is 0 Å². The van der Waals surface area contributed by atoms with Gasteiger partial charge in [-0.05, 0) is 37.0 Å². The van der Waals surface area contributed by atoms with E-state index >= 15 is 0 Å². The van der Waals surface area contributed by atoms with Crippen LogP contribution in [0.5, 0.6) is 5.75 Å². The largest absolute Gasteiger partial charge is 0.494 e. The first kappa shape index (κ1) is 12.0. The summed E-state index contributed by atoms with van der Waals surface area (Å²) in [6.07, 6.45) is 2.85. The molecule has 3 nitrogen and oxygen atoms in total. The third-order valence-electron chi connectivity index (χ3n) is 2.23. The zero-order valence-electron chi connectivity index (χ0n) is 8.98. The maximum Gasteiger partial charge on any atom is 0.119 e. The molecule has 0 aliphatic rings. The quantitative estimate of drug-likeness (QED) is 0.672. The van der Waals surface area contributed by atoms with Crippen LogP contribution in [0.2, 0.25) is 0 Å². The monoisotopic (exact) mass is 209 g/mol. The van der Waals surface area contributed by atoms with Crippen molar-refractivity contribution in [2.24, 2.45) is 5.73 Å². The first-order chi connectivity index (χ1) is 7.36. The molecule has 0 unspecified atom stereocenters. The molecule has 0 aliphatic carbocycles. The summed E-state index contributed by atoms with van der Waals surface area (Å²) >= 11 is 0. The van der Waals surface area contributed by atoms with Gasteiger partial charge in [0.1, 0.15) is 5.75 Å². The molecule has 0 amide bonds. The summed E-state index contributed by atoms with van der Waals surface area (Å²) in [6, 6.07) is 7.83. The third-order valence-corrected chi connectivity index (χ3v) is 2.23. The van der Waals surface area contributed by atoms with Gasteiger partial charge in [0, 0.05) is 13.2 Å². The Balaban J connectivity index is 2.20. The van der Waals surface area contributed by atoms with Crippen molar-refractivity contribution in [1.29, 1.82) is 0 Å². The molecule has 84 valence electrons. The van der Waals surface area contributed by atoms with Crippen LogP contribution in [0.1, 0.15) is 24.8 Å². The van der Waals surface area contributed by atoms with E-state index in [-0.39, 0.29) is 6.61 Å². The van der Waals surface area contributed by atoms with Gasteiger partial charge in [-0.3, -0.25) is 0 Å². The van der Waals surface area contributed by atoms with Gasteiger partial charge in [-0.25, -0.2) is 0 Å². The van der Waals surface area contributed by atoms with Crippen LogP contribution >= 0.6 is 0 Å². The minimum absolute atomic E-state index is 0.269. The van der Waals surface area contributed by atoms with Crippen molar-refractivity contribution in [3.8, 4) is 5.75 Å². The lowest BCUT2D eigenvalue weighted by Crippen LogP contribution is -1.99. The zero-order chi connectivity index (χ0) is 10.9. The van der Waals surface area contributed by atoms with E-state index in [1.165, 1.54) is 0 Å². The number of aliphatic hydroxyl groups is 1. The van der Waals surface area contributed by atoms with E-state index in [9.17, 15) is 0 Å². The molecule has 0 saturated carbocycles. The summed E-state index contributed by atoms with van der Waals surface area (Å²) < 4.78 is 5.53. The minimum Gasteiger partial charge on any atom is -0.494 e. The Morgan fingerprint density at radius 3 is 2.40 bits per heavy atom. The van der Waals surface area contributed by atoms with Crippen molar-refractivity contribution in [3.63, 3.8) is 0 Å². The normalized spacial score (nSPS) is 10.3. The number of hydrogen-bond acceptors (Lipinski definition) is 3. The topological polar surface area (TPSA) is 55.5 Å². The highest BCUT2D eigenvalue weighted by molar-refractivity contribution is 5.26. The number of rotatable bonds is 7. The number of ether oxygens (including phenoxy) is 1. The Kier molecular flexibility index (Phi) is 5.81. The second kappa shape index (κ2) is 7.26. The van der Waals surface area contributed by atoms with Gasteiger partial charge in [-0.15, -0.1) is 0 Å². The van der Waals surface area contributed by atoms with Gasteiger partial charge in [-0.1, -0.05) is 12.1 Å². The van der Waals surface area contributed by atoms with Gasteiger partial charge in [0.2, 0.25) is 0 Å². The highest BCUT2D eigenvalue weighted by atomic mass is 16.5. The molecule has 1 aromatic carbocycles. The molecular weight excluding hydrogens is 190 g/mol. The van der Waals surface area contributed by atoms with Crippen molar-refractivity contribution in [2.45, 2.75) is 25.8 Å². The lowest BCUT2D eigenvalue weighted by molar-refractivity contribution is 0.266. The molecular formula is C12H19NO2. The van der Waals surface area contributed by atoms with Crippen LogP contribution in [0.15, 0.2) is 24.3 Å². The summed E-state index contributed by atoms with van der Waals surface area (Å²) in [5.74, 6) is 0.885. The van der Waals surface area contributed by atoms with Crippen LogP contribution in [-0.4, -0.2) is 18.3 Å². The van der Waals surface area contributed by atoms with Crippen molar-refractivity contribution in [3.05, 3.63) is 29.8 Å². The van der Waals surface area contributed by atoms with Gasteiger partial charge in [0.25, 0.3) is 0 Å². The second-order valence-electron chi connectivity index (χ2n) is 3.48. The molecule has 0 saturated heterocycles. The van der Waals surface area contributed by atoms with Crippen LogP contribution in [0, 0.1) is 0 Å². The van der Waals surface area contributed by atoms with Crippen LogP contribution < -0.4 is 10.5 Å². The molecule has 3 heteroatoms. The van der Waals surface area contributed by atoms with E-state index in [0.717, 1.165) is 30.6 Å². The summed E-state index contributed by atoms with van der Waals surface area (Å²) in [6.45, 7) is 1.55. The molecule has 0 aliphatic heterocycles. The minimum atomic E-state index is 0.269. The Hall–Kier alpha value is -1.06. The highest BCUT2D eigenvalue weighted by Gasteiger charge is 1.94. The predicted octanol–water partition coefficient (Wildman–Crippen LogP) is 1.69. The molecule has 0 spiro atoms. The lowest BCUT2D eigenvalue weighted by atomic mass is 10.2. The lowest BCUT2D eigenvalue weighted by Gasteiger charge is -2.06. The fourth-order valence-corrected chi connectivity index (χ4v) is 1.30. The molecule has 1 rings (SSSR count). The van der Waals surface area contributed by atoms with Gasteiger partial charge in [0.15, 0.2) is 0 Å². The van der Waals surface area contributed by atoms with Crippen molar-refractivity contribution in [2.75, 3.05) is 13.2 Å². The van der Waals surface area contributed by atoms with Crippen LogP contribution in [0.3, 0.4) is 0 Å². The molecule has 0 atom stereocenters. The van der Waals surface area contributed by atoms with Crippen LogP contribution in [0.4, 0.5) is 0 Å². The Morgan fingerprint density at radius 1 is 1.07 bits per heavy atom. The maximum absolute atomic E-state index is 8.59. The number of aliphatic hydroxyl groups excluding tert-OH is 1. The summed E-state index contributed by atoms with van der Waals surface area (Å²) in [4.78, 5) is 0. The van der Waals surface area contributed by atoms with Gasteiger partial charge in [0.05, 0.1) is 6.61 Å². The summed E-state index contributed by atoms with van der Waals surface area (Å²) in [7, 11) is 0. The third kappa shape index (κ3) is 4.81. The van der Waals surface area contributed by atoms with E-state index in [1.807, 2.05) is 24.3 Å². The molecule has 1 aromatic rings. The van der Waals surface area contributed by atoms with E-state index in [4.69, 9.17) is 15.6 Å². The van der Waals surface area contributed by atoms with Gasteiger partial charge < -0.3 is 15.6 Å². The molecule has 0 aromatic heterocycles. The first-order valence-corrected chi connectivity index (χ1v) is 5.39. The summed E-state index contributed by atoms with van der Waals surface area (Å²) in [5, 5.41) is 8.59. The molecule has 0 heterocycles. The number of nitrogens with two attached hydrogens (primary N) is 1. The molecule has 0 bridgehead atoms. The van der Waals surface area contributed by atoms with E-state index in [0.29, 0.717) is 13.2 Å². The first-order valence-electron chi connectivity index (χ1n) is 5.39. The zero-order valence-corrected chi connectivity index (χ0v) is 8.98. The smallest absolute Gasteiger partial charge is 0.119 e. The molecule has 0 radical (unpaired) electrons. The predicted molar refractivity (Wildman–Crippen MR) is 60.8 cm³/mol. The van der Waals surface area contributed by atoms with Crippen molar-refractivity contribution < 1.29 is 9.84 Å². The number of hydrogen-bond donors (Lipinski definition) is 2. The van der Waals surface area contributed by atoms with Gasteiger partial charge >= 0.3 is 0 Å². The number of benzene rings is 1. The Bertz CT molecular complexity index is 259. The average Bonchev–Trinajstić information content (AvgIpc) is 2.30. The van der Waals surface area contributed by atoms with Crippen molar-refractivity contribution in [1.82, 2.24) is 0 Å². The SMILES string of the molecule is NCc1ccc(OCCCCCO)cc1. The molecule has 0 fully saturated rings. The fourth-order valence-electron chi connectivity index (χ4n) is 1.30. The standard InChI is InChI=1S/C12H19NO2/c13-10-11-4-6-12(7-5-11)15-9-3-1-2-8-14/h4-7,14H,1-3,8-10,13H2. The fraction of sp³-hybridized carbons (Fsp3) is 0.500. The van der Waals surface area contributed by atoms with Crippen LogP contribution in [0.25, 0.3) is 0 Å². The van der Waals surface area contributed by atoms with E-state index < -0.39 is 0 Å². The molecule has 15 heavy (non-hydrogen) atoms. The summed E-state index contributed by atoms with van der Waals surface area (Å²) in [5.41, 5.74) is 6.60. The second-order valence-corrected chi connectivity index (χ2v) is 3.48. The Labute approximate surface area is 90.9 Å². The van der Waals surface area contributed by atoms with E-state index in [1.54, 1.807) is 0 Å². The Morgan fingerprint density at radius 2 is 1.80 bits per heavy atom. The van der Waals surface area contributed by atoms with Gasteiger partial charge in [-0.2, -0.15) is 0 Å². The average molecular weight is 209 g/mol. The highest BCUT2D eigenvalue weighted by Crippen LogP contribution is 2.12. The van der Waals surface area contributed by atoms with Crippen LogP contribution in [-0.2, 0) is 6.54 Å². The number of unbranched alkanes of at least 4 members (excludes halogenated alkanes) is 2. The van der Waals surface area contributed by atoms with Crippen molar-refractivity contribution >= 4 is 0 Å². The maximum atomic E-state index is 8.59.